The Morgan fingerprint density at radius 2 is 1.81 bits per heavy atom. The number of hydrogen-bond donors (Lipinski definition) is 2. The third kappa shape index (κ3) is 5.54. The second-order valence-corrected chi connectivity index (χ2v) is 8.75. The first kappa shape index (κ1) is 23.9. The summed E-state index contributed by atoms with van der Waals surface area (Å²) in [6.07, 6.45) is 6.14. The number of carbonyl (C=O) groups excluding carboxylic acids is 1. The van der Waals surface area contributed by atoms with Gasteiger partial charge >= 0.3 is 0 Å². The van der Waals surface area contributed by atoms with Crippen LogP contribution in [0.25, 0.3) is 22.2 Å². The standard InChI is InChI=1S/C29H25N5O3/c35-29(32-15-12-22-7-1-3-13-30-22)18-25(20-6-5-8-23(16-20)34(36)37)26-19-33-28-17-21(10-11-24(26)28)27-9-2-4-14-31-27/h1-11,13-14,16-17,19,25,33H,12,15,18H2,(H,32,35). The highest BCUT2D eigenvalue weighted by atomic mass is 16.6. The molecule has 37 heavy (non-hydrogen) atoms. The molecule has 0 bridgehead atoms. The van der Waals surface area contributed by atoms with Crippen molar-refractivity contribution in [1.29, 1.82) is 0 Å². The van der Waals surface area contributed by atoms with E-state index in [4.69, 9.17) is 0 Å². The molecule has 0 aliphatic heterocycles. The SMILES string of the molecule is O=C(CC(c1cccc([N+](=O)[O-])c1)c1c[nH]c2cc(-c3ccccn3)ccc12)NCCc1ccccn1. The highest BCUT2D eigenvalue weighted by Crippen LogP contribution is 2.36. The van der Waals surface area contributed by atoms with Gasteiger partial charge in [-0.2, -0.15) is 0 Å². The summed E-state index contributed by atoms with van der Waals surface area (Å²) in [4.78, 5) is 36.1. The third-order valence-corrected chi connectivity index (χ3v) is 6.35. The Balaban J connectivity index is 1.43. The van der Waals surface area contributed by atoms with Crippen LogP contribution in [-0.2, 0) is 11.2 Å². The van der Waals surface area contributed by atoms with Crippen molar-refractivity contribution in [3.05, 3.63) is 124 Å². The maximum Gasteiger partial charge on any atom is 0.269 e. The van der Waals surface area contributed by atoms with Crippen LogP contribution in [0, 0.1) is 10.1 Å². The second-order valence-electron chi connectivity index (χ2n) is 8.75. The average Bonchev–Trinajstić information content (AvgIpc) is 3.36. The number of hydrogen-bond acceptors (Lipinski definition) is 5. The van der Waals surface area contributed by atoms with E-state index in [1.807, 2.05) is 66.9 Å². The highest BCUT2D eigenvalue weighted by Gasteiger charge is 2.23. The summed E-state index contributed by atoms with van der Waals surface area (Å²) in [5.41, 5.74) is 5.26. The number of rotatable bonds is 9. The summed E-state index contributed by atoms with van der Waals surface area (Å²) in [5, 5.41) is 15.4. The maximum absolute atomic E-state index is 13.0. The summed E-state index contributed by atoms with van der Waals surface area (Å²) in [6.45, 7) is 0.457. The Hall–Kier alpha value is -4.85. The molecule has 0 saturated heterocycles. The van der Waals surface area contributed by atoms with Gasteiger partial charge in [0, 0.05) is 78.2 Å². The summed E-state index contributed by atoms with van der Waals surface area (Å²) in [7, 11) is 0. The van der Waals surface area contributed by atoms with Gasteiger partial charge in [0.05, 0.1) is 10.6 Å². The van der Waals surface area contributed by atoms with Gasteiger partial charge in [-0.15, -0.1) is 0 Å². The Labute approximate surface area is 213 Å². The predicted octanol–water partition coefficient (Wildman–Crippen LogP) is 5.41. The number of fused-ring (bicyclic) bond motifs is 1. The van der Waals surface area contributed by atoms with E-state index in [2.05, 4.69) is 20.3 Å². The van der Waals surface area contributed by atoms with Gasteiger partial charge in [-0.1, -0.05) is 36.4 Å². The van der Waals surface area contributed by atoms with Gasteiger partial charge in [0.2, 0.25) is 5.91 Å². The molecule has 0 spiro atoms. The van der Waals surface area contributed by atoms with Gasteiger partial charge in [0.15, 0.2) is 0 Å². The van der Waals surface area contributed by atoms with Crippen LogP contribution in [0.4, 0.5) is 5.69 Å². The van der Waals surface area contributed by atoms with Crippen molar-refractivity contribution in [1.82, 2.24) is 20.3 Å². The maximum atomic E-state index is 13.0. The van der Waals surface area contributed by atoms with Gasteiger partial charge in [-0.25, -0.2) is 0 Å². The second kappa shape index (κ2) is 10.8. The number of carbonyl (C=O) groups is 1. The van der Waals surface area contributed by atoms with Crippen LogP contribution in [0.15, 0.2) is 97.5 Å². The fourth-order valence-electron chi connectivity index (χ4n) is 4.53. The first-order valence-corrected chi connectivity index (χ1v) is 12.0. The van der Waals surface area contributed by atoms with Crippen molar-refractivity contribution >= 4 is 22.5 Å². The van der Waals surface area contributed by atoms with Gasteiger partial charge in [0.1, 0.15) is 0 Å². The smallest absolute Gasteiger partial charge is 0.269 e. The number of aromatic nitrogens is 3. The molecule has 0 aliphatic rings. The van der Waals surface area contributed by atoms with E-state index in [-0.39, 0.29) is 23.9 Å². The van der Waals surface area contributed by atoms with Crippen LogP contribution in [0.1, 0.15) is 29.2 Å². The molecule has 2 N–H and O–H groups in total. The molecule has 8 heteroatoms. The van der Waals surface area contributed by atoms with E-state index in [1.54, 1.807) is 24.5 Å². The number of nitro groups is 1. The van der Waals surface area contributed by atoms with Gasteiger partial charge < -0.3 is 10.3 Å². The van der Waals surface area contributed by atoms with E-state index < -0.39 is 4.92 Å². The molecule has 184 valence electrons. The fourth-order valence-corrected chi connectivity index (χ4v) is 4.53. The van der Waals surface area contributed by atoms with Crippen molar-refractivity contribution < 1.29 is 9.72 Å². The molecule has 0 aliphatic carbocycles. The number of nitrogens with one attached hydrogen (secondary N) is 2. The molecule has 3 aromatic heterocycles. The lowest BCUT2D eigenvalue weighted by Gasteiger charge is -2.17. The van der Waals surface area contributed by atoms with Crippen LogP contribution in [0.2, 0.25) is 0 Å². The first-order valence-electron chi connectivity index (χ1n) is 12.0. The fraction of sp³-hybridized carbons (Fsp3) is 0.138. The van der Waals surface area contributed by atoms with E-state index in [1.165, 1.54) is 6.07 Å². The molecule has 5 rings (SSSR count). The highest BCUT2D eigenvalue weighted by molar-refractivity contribution is 5.89. The Kier molecular flexibility index (Phi) is 6.98. The van der Waals surface area contributed by atoms with Gasteiger partial charge in [-0.05, 0) is 41.5 Å². The molecule has 2 aromatic carbocycles. The van der Waals surface area contributed by atoms with E-state index in [0.29, 0.717) is 18.5 Å². The van der Waals surface area contributed by atoms with E-state index >= 15 is 0 Å². The molecule has 8 nitrogen and oxygen atoms in total. The number of nitro benzene ring substituents is 1. The van der Waals surface area contributed by atoms with Crippen molar-refractivity contribution in [3.63, 3.8) is 0 Å². The molecule has 0 fully saturated rings. The van der Waals surface area contributed by atoms with Crippen molar-refractivity contribution in [2.45, 2.75) is 18.8 Å². The lowest BCUT2D eigenvalue weighted by Crippen LogP contribution is -2.27. The lowest BCUT2D eigenvalue weighted by molar-refractivity contribution is -0.384. The number of nitrogens with zero attached hydrogens (tertiary/aromatic N) is 3. The zero-order valence-electron chi connectivity index (χ0n) is 20.0. The first-order chi connectivity index (χ1) is 18.1. The quantitative estimate of drug-likeness (QED) is 0.211. The number of aromatic amines is 1. The summed E-state index contributed by atoms with van der Waals surface area (Å²) in [6, 6.07) is 24.0. The molecule has 1 unspecified atom stereocenters. The van der Waals surface area contributed by atoms with Crippen molar-refractivity contribution in [3.8, 4) is 11.3 Å². The monoisotopic (exact) mass is 491 g/mol. The van der Waals surface area contributed by atoms with Gasteiger partial charge in [0.25, 0.3) is 5.69 Å². The number of H-pyrrole nitrogens is 1. The lowest BCUT2D eigenvalue weighted by atomic mass is 9.87. The number of benzene rings is 2. The predicted molar refractivity (Wildman–Crippen MR) is 142 cm³/mol. The molecule has 1 atom stereocenters. The molecule has 0 radical (unpaired) electrons. The van der Waals surface area contributed by atoms with Crippen LogP contribution in [-0.4, -0.2) is 32.3 Å². The largest absolute Gasteiger partial charge is 0.361 e. The zero-order chi connectivity index (χ0) is 25.6. The Morgan fingerprint density at radius 1 is 0.973 bits per heavy atom. The molecule has 3 heterocycles. The van der Waals surface area contributed by atoms with Gasteiger partial charge in [-0.3, -0.25) is 24.9 Å². The van der Waals surface area contributed by atoms with Crippen LogP contribution < -0.4 is 5.32 Å². The van der Waals surface area contributed by atoms with Crippen LogP contribution >= 0.6 is 0 Å². The number of amides is 1. The topological polar surface area (TPSA) is 114 Å². The average molecular weight is 492 g/mol. The Morgan fingerprint density at radius 3 is 2.57 bits per heavy atom. The molecule has 0 saturated carbocycles. The minimum absolute atomic E-state index is 0.00432. The summed E-state index contributed by atoms with van der Waals surface area (Å²) >= 11 is 0. The zero-order valence-corrected chi connectivity index (χ0v) is 20.0. The number of pyridine rings is 2. The van der Waals surface area contributed by atoms with E-state index in [9.17, 15) is 14.9 Å². The van der Waals surface area contributed by atoms with E-state index in [0.717, 1.165) is 33.4 Å². The summed E-state index contributed by atoms with van der Waals surface area (Å²) in [5.74, 6) is -0.504. The molecule has 5 aromatic rings. The molecule has 1 amide bonds. The molecular weight excluding hydrogens is 466 g/mol. The molecular formula is C29H25N5O3. The Bertz CT molecular complexity index is 1530. The van der Waals surface area contributed by atoms with Crippen molar-refractivity contribution in [2.24, 2.45) is 0 Å². The number of non-ortho nitro benzene ring substituents is 1. The minimum atomic E-state index is -0.415. The normalized spacial score (nSPS) is 11.8. The minimum Gasteiger partial charge on any atom is -0.361 e. The van der Waals surface area contributed by atoms with Crippen LogP contribution in [0.3, 0.4) is 0 Å². The third-order valence-electron chi connectivity index (χ3n) is 6.35. The summed E-state index contributed by atoms with van der Waals surface area (Å²) < 4.78 is 0. The van der Waals surface area contributed by atoms with Crippen molar-refractivity contribution in [2.75, 3.05) is 6.54 Å². The van der Waals surface area contributed by atoms with Crippen LogP contribution in [0.5, 0.6) is 0 Å².